The fraction of sp³-hybridized carbons (Fsp3) is 0.871. The molecule has 0 aromatic rings. The van der Waals surface area contributed by atoms with Crippen molar-refractivity contribution in [1.82, 2.24) is 4.90 Å². The van der Waals surface area contributed by atoms with Gasteiger partial charge in [0.05, 0.1) is 0 Å². The van der Waals surface area contributed by atoms with Crippen molar-refractivity contribution in [2.75, 3.05) is 19.6 Å². The van der Waals surface area contributed by atoms with Crippen LogP contribution in [0.2, 0.25) is 0 Å². The van der Waals surface area contributed by atoms with E-state index in [-0.39, 0.29) is 0 Å². The topological polar surface area (TPSA) is 3.24 Å². The summed E-state index contributed by atoms with van der Waals surface area (Å²) in [5, 5.41) is 0. The Morgan fingerprint density at radius 3 is 2.62 bits per heavy atom. The van der Waals surface area contributed by atoms with Gasteiger partial charge in [-0.3, -0.25) is 0 Å². The molecule has 0 spiro atoms. The number of likely N-dealkylation sites (tertiary alicyclic amines) is 1. The predicted molar refractivity (Wildman–Crippen MR) is 138 cm³/mol. The molecule has 4 aliphatic carbocycles. The van der Waals surface area contributed by atoms with Crippen LogP contribution in [0.15, 0.2) is 23.8 Å². The Morgan fingerprint density at radius 1 is 1.00 bits per heavy atom. The zero-order chi connectivity index (χ0) is 22.3. The lowest BCUT2D eigenvalue weighted by Crippen LogP contribution is -2.49. The minimum absolute atomic E-state index is 0.480. The average Bonchev–Trinajstić information content (AvgIpc) is 3.40. The normalized spacial score (nSPS) is 43.3. The summed E-state index contributed by atoms with van der Waals surface area (Å²) in [5.74, 6) is 5.69. The van der Waals surface area contributed by atoms with Crippen LogP contribution >= 0.6 is 0 Å². The Labute approximate surface area is 199 Å². The smallest absolute Gasteiger partial charge is 0.000702 e. The lowest BCUT2D eigenvalue weighted by Gasteiger charge is -2.57. The van der Waals surface area contributed by atoms with Gasteiger partial charge >= 0.3 is 0 Å². The molecule has 180 valence electrons. The lowest BCUT2D eigenvalue weighted by molar-refractivity contribution is -0.0451. The van der Waals surface area contributed by atoms with Crippen LogP contribution in [0, 0.1) is 46.3 Å². The van der Waals surface area contributed by atoms with E-state index < -0.39 is 0 Å². The summed E-state index contributed by atoms with van der Waals surface area (Å²) >= 11 is 0. The molecule has 0 amide bonds. The van der Waals surface area contributed by atoms with Gasteiger partial charge in [0.1, 0.15) is 0 Å². The molecule has 8 atom stereocenters. The van der Waals surface area contributed by atoms with Crippen LogP contribution in [0.4, 0.5) is 0 Å². The first-order valence-electron chi connectivity index (χ1n) is 14.5. The van der Waals surface area contributed by atoms with Crippen LogP contribution < -0.4 is 0 Å². The highest BCUT2D eigenvalue weighted by atomic mass is 15.1. The standard InChI is InChI=1S/C31H51N/c1-23(22-32-20-7-8-21-32)10-9-11-24(2)27-15-16-28-26-14-13-25-12-5-6-18-30(25,3)29(26)17-19-31(27,28)4/h5,12-13,23-24,26-29H,6-11,14-22H2,1-4H3/t23?,24?,26-,27+,28-,29-,30-,31+/m0/s1. The van der Waals surface area contributed by atoms with Crippen molar-refractivity contribution in [3.05, 3.63) is 23.8 Å². The molecule has 2 unspecified atom stereocenters. The zero-order valence-corrected chi connectivity index (χ0v) is 21.7. The fourth-order valence-corrected chi connectivity index (χ4v) is 9.76. The Morgan fingerprint density at radius 2 is 1.81 bits per heavy atom. The van der Waals surface area contributed by atoms with Crippen molar-refractivity contribution in [2.24, 2.45) is 46.3 Å². The molecule has 3 fully saturated rings. The molecule has 1 aliphatic heterocycles. The average molecular weight is 438 g/mol. The molecule has 0 radical (unpaired) electrons. The zero-order valence-electron chi connectivity index (χ0n) is 21.7. The number of nitrogens with zero attached hydrogens (tertiary/aromatic N) is 1. The first-order valence-corrected chi connectivity index (χ1v) is 14.5. The van der Waals surface area contributed by atoms with Crippen LogP contribution in [0.5, 0.6) is 0 Å². The Hall–Kier alpha value is -0.560. The van der Waals surface area contributed by atoms with Gasteiger partial charge in [0.2, 0.25) is 0 Å². The van der Waals surface area contributed by atoms with Gasteiger partial charge in [0.25, 0.3) is 0 Å². The molecular weight excluding hydrogens is 386 g/mol. The van der Waals surface area contributed by atoms with Crippen LogP contribution in [0.25, 0.3) is 0 Å². The summed E-state index contributed by atoms with van der Waals surface area (Å²) in [6, 6.07) is 0. The van der Waals surface area contributed by atoms with Gasteiger partial charge in [-0.15, -0.1) is 0 Å². The summed E-state index contributed by atoms with van der Waals surface area (Å²) in [4.78, 5) is 2.71. The van der Waals surface area contributed by atoms with Crippen LogP contribution in [-0.2, 0) is 0 Å². The van der Waals surface area contributed by atoms with Crippen molar-refractivity contribution in [3.63, 3.8) is 0 Å². The van der Waals surface area contributed by atoms with E-state index in [1.54, 1.807) is 5.57 Å². The van der Waals surface area contributed by atoms with Gasteiger partial charge < -0.3 is 4.90 Å². The second-order valence-electron chi connectivity index (χ2n) is 13.4. The molecule has 1 nitrogen and oxygen atoms in total. The minimum Gasteiger partial charge on any atom is -0.303 e. The quantitative estimate of drug-likeness (QED) is 0.387. The molecule has 32 heavy (non-hydrogen) atoms. The summed E-state index contributed by atoms with van der Waals surface area (Å²) in [5.41, 5.74) is 2.79. The van der Waals surface area contributed by atoms with Crippen molar-refractivity contribution in [2.45, 2.75) is 105 Å². The van der Waals surface area contributed by atoms with Gasteiger partial charge in [0, 0.05) is 6.54 Å². The van der Waals surface area contributed by atoms with E-state index in [9.17, 15) is 0 Å². The molecule has 5 aliphatic rings. The third kappa shape index (κ3) is 4.08. The summed E-state index contributed by atoms with van der Waals surface area (Å²) in [6.45, 7) is 14.6. The van der Waals surface area contributed by atoms with Crippen LogP contribution in [0.1, 0.15) is 105 Å². The van der Waals surface area contributed by atoms with Crippen molar-refractivity contribution in [1.29, 1.82) is 0 Å². The van der Waals surface area contributed by atoms with E-state index in [0.717, 1.165) is 35.5 Å². The SMILES string of the molecule is CC(CCCC(C)[C@H]1CC[C@H]2[C@@H]3CC=C4C=CCC[C@]4(C)[C@H]3CC[C@]12C)CN1CCCC1. The van der Waals surface area contributed by atoms with E-state index in [0.29, 0.717) is 10.8 Å². The van der Waals surface area contributed by atoms with Gasteiger partial charge in [-0.2, -0.15) is 0 Å². The van der Waals surface area contributed by atoms with Gasteiger partial charge in [-0.05, 0) is 129 Å². The lowest BCUT2D eigenvalue weighted by atomic mass is 9.47. The Balaban J connectivity index is 1.18. The predicted octanol–water partition coefficient (Wildman–Crippen LogP) is 8.27. The summed E-state index contributed by atoms with van der Waals surface area (Å²) in [6.07, 6.45) is 24.9. The molecule has 1 heteroatoms. The molecule has 1 heterocycles. The van der Waals surface area contributed by atoms with Crippen LogP contribution in [-0.4, -0.2) is 24.5 Å². The molecule has 0 bridgehead atoms. The third-order valence-corrected chi connectivity index (χ3v) is 11.5. The van der Waals surface area contributed by atoms with Crippen molar-refractivity contribution < 1.29 is 0 Å². The van der Waals surface area contributed by atoms with Gasteiger partial charge in [-0.25, -0.2) is 0 Å². The Kier molecular flexibility index (Phi) is 6.70. The molecule has 0 aromatic heterocycles. The minimum atomic E-state index is 0.480. The number of rotatable bonds is 7. The highest BCUT2D eigenvalue weighted by Gasteiger charge is 2.58. The monoisotopic (exact) mass is 437 g/mol. The molecule has 5 rings (SSSR count). The number of fused-ring (bicyclic) bond motifs is 5. The van der Waals surface area contributed by atoms with Crippen LogP contribution in [0.3, 0.4) is 0 Å². The largest absolute Gasteiger partial charge is 0.303 e. The third-order valence-electron chi connectivity index (χ3n) is 11.5. The highest BCUT2D eigenvalue weighted by molar-refractivity contribution is 5.34. The second-order valence-corrected chi connectivity index (χ2v) is 13.4. The first-order chi connectivity index (χ1) is 15.4. The number of hydrogen-bond acceptors (Lipinski definition) is 1. The number of hydrogen-bond donors (Lipinski definition) is 0. The fourth-order valence-electron chi connectivity index (χ4n) is 9.76. The highest BCUT2D eigenvalue weighted by Crippen LogP contribution is 2.66. The van der Waals surface area contributed by atoms with Crippen molar-refractivity contribution in [3.8, 4) is 0 Å². The number of allylic oxidation sites excluding steroid dienone is 4. The van der Waals surface area contributed by atoms with E-state index in [4.69, 9.17) is 0 Å². The summed E-state index contributed by atoms with van der Waals surface area (Å²) in [7, 11) is 0. The van der Waals surface area contributed by atoms with Crippen molar-refractivity contribution >= 4 is 0 Å². The Bertz CT molecular complexity index is 714. The maximum absolute atomic E-state index is 2.74. The van der Waals surface area contributed by atoms with E-state index >= 15 is 0 Å². The van der Waals surface area contributed by atoms with Gasteiger partial charge in [-0.1, -0.05) is 58.8 Å². The maximum atomic E-state index is 2.74. The molecule has 0 N–H and O–H groups in total. The summed E-state index contributed by atoms with van der Waals surface area (Å²) < 4.78 is 0. The second kappa shape index (κ2) is 9.24. The van der Waals surface area contributed by atoms with E-state index in [1.165, 1.54) is 96.7 Å². The molecule has 2 saturated carbocycles. The van der Waals surface area contributed by atoms with E-state index in [2.05, 4.69) is 50.8 Å². The molecule has 1 saturated heterocycles. The first kappa shape index (κ1) is 23.2. The van der Waals surface area contributed by atoms with E-state index in [1.807, 2.05) is 0 Å². The van der Waals surface area contributed by atoms with Gasteiger partial charge in [0.15, 0.2) is 0 Å². The molecule has 0 aromatic carbocycles. The molecular formula is C31H51N. The maximum Gasteiger partial charge on any atom is 0.000702 e.